The lowest BCUT2D eigenvalue weighted by atomic mass is 10.3. The molecule has 4 heteroatoms. The Morgan fingerprint density at radius 2 is 2.38 bits per heavy atom. The molecule has 0 bridgehead atoms. The molecule has 0 saturated carbocycles. The molecule has 1 aromatic heterocycles. The van der Waals surface area contributed by atoms with E-state index in [1.54, 1.807) is 18.4 Å². The van der Waals surface area contributed by atoms with Gasteiger partial charge >= 0.3 is 0 Å². The molecule has 0 aliphatic rings. The number of hydrogen-bond donors (Lipinski definition) is 1. The second-order valence-corrected chi connectivity index (χ2v) is 4.06. The highest BCUT2D eigenvalue weighted by Gasteiger charge is 2.00. The maximum atomic E-state index is 5.45. The van der Waals surface area contributed by atoms with Crippen molar-refractivity contribution in [3.05, 3.63) is 16.1 Å². The predicted molar refractivity (Wildman–Crippen MR) is 55.1 cm³/mol. The standard InChI is InChI=1S/C9H16N2OS/c1-12-6-2-3-9-11-7-8(13-9)4-5-10/h7H,2-6,10H2,1H3. The highest BCUT2D eigenvalue weighted by atomic mass is 32.1. The monoisotopic (exact) mass is 200 g/mol. The third kappa shape index (κ3) is 3.85. The number of thiazole rings is 1. The van der Waals surface area contributed by atoms with Gasteiger partial charge in [-0.05, 0) is 19.4 Å². The van der Waals surface area contributed by atoms with Crippen LogP contribution in [0.25, 0.3) is 0 Å². The van der Waals surface area contributed by atoms with Crippen molar-refractivity contribution in [3.8, 4) is 0 Å². The van der Waals surface area contributed by atoms with Crippen LogP contribution in [0.2, 0.25) is 0 Å². The maximum Gasteiger partial charge on any atom is 0.0928 e. The third-order valence-corrected chi connectivity index (χ3v) is 2.85. The molecular weight excluding hydrogens is 184 g/mol. The van der Waals surface area contributed by atoms with E-state index >= 15 is 0 Å². The number of rotatable bonds is 6. The van der Waals surface area contributed by atoms with E-state index in [1.165, 1.54) is 9.88 Å². The van der Waals surface area contributed by atoms with Gasteiger partial charge in [0.05, 0.1) is 5.01 Å². The summed E-state index contributed by atoms with van der Waals surface area (Å²) in [4.78, 5) is 5.60. The first-order chi connectivity index (χ1) is 6.36. The van der Waals surface area contributed by atoms with Crippen LogP contribution < -0.4 is 5.73 Å². The molecule has 2 N–H and O–H groups in total. The van der Waals surface area contributed by atoms with Gasteiger partial charge in [0.25, 0.3) is 0 Å². The summed E-state index contributed by atoms with van der Waals surface area (Å²) in [6.45, 7) is 1.52. The van der Waals surface area contributed by atoms with E-state index in [0.29, 0.717) is 6.54 Å². The lowest BCUT2D eigenvalue weighted by Crippen LogP contribution is -2.00. The summed E-state index contributed by atoms with van der Waals surface area (Å²) in [7, 11) is 1.72. The van der Waals surface area contributed by atoms with Crippen molar-refractivity contribution in [1.29, 1.82) is 0 Å². The molecule has 0 spiro atoms. The summed E-state index contributed by atoms with van der Waals surface area (Å²) in [6, 6.07) is 0. The predicted octanol–water partition coefficient (Wildman–Crippen LogP) is 1.22. The van der Waals surface area contributed by atoms with Gasteiger partial charge < -0.3 is 10.5 Å². The molecule has 0 fully saturated rings. The highest BCUT2D eigenvalue weighted by molar-refractivity contribution is 7.11. The second kappa shape index (κ2) is 6.07. The van der Waals surface area contributed by atoms with Crippen LogP contribution in [0.1, 0.15) is 16.3 Å². The number of nitrogens with zero attached hydrogens (tertiary/aromatic N) is 1. The molecule has 1 aromatic rings. The molecule has 1 rings (SSSR count). The van der Waals surface area contributed by atoms with Gasteiger partial charge in [0, 0.05) is 31.2 Å². The first-order valence-corrected chi connectivity index (χ1v) is 5.31. The summed E-state index contributed by atoms with van der Waals surface area (Å²) < 4.78 is 4.97. The van der Waals surface area contributed by atoms with E-state index in [0.717, 1.165) is 25.9 Å². The Balaban J connectivity index is 2.31. The van der Waals surface area contributed by atoms with Gasteiger partial charge in [0.15, 0.2) is 0 Å². The van der Waals surface area contributed by atoms with Crippen LogP contribution in [-0.4, -0.2) is 25.2 Å². The quantitative estimate of drug-likeness (QED) is 0.702. The number of hydrogen-bond acceptors (Lipinski definition) is 4. The molecular formula is C9H16N2OS. The zero-order valence-electron chi connectivity index (χ0n) is 7.95. The van der Waals surface area contributed by atoms with Crippen molar-refractivity contribution >= 4 is 11.3 Å². The zero-order chi connectivity index (χ0) is 9.52. The van der Waals surface area contributed by atoms with E-state index in [2.05, 4.69) is 4.98 Å². The van der Waals surface area contributed by atoms with Crippen molar-refractivity contribution in [2.45, 2.75) is 19.3 Å². The van der Waals surface area contributed by atoms with E-state index in [1.807, 2.05) is 6.20 Å². The Hall–Kier alpha value is -0.450. The summed E-state index contributed by atoms with van der Waals surface area (Å²) >= 11 is 1.76. The van der Waals surface area contributed by atoms with Crippen molar-refractivity contribution in [1.82, 2.24) is 4.98 Å². The van der Waals surface area contributed by atoms with E-state index < -0.39 is 0 Å². The first-order valence-electron chi connectivity index (χ1n) is 4.49. The maximum absolute atomic E-state index is 5.45. The number of methoxy groups -OCH3 is 1. The smallest absolute Gasteiger partial charge is 0.0928 e. The molecule has 0 unspecified atom stereocenters. The third-order valence-electron chi connectivity index (χ3n) is 1.73. The molecule has 0 aliphatic heterocycles. The topological polar surface area (TPSA) is 48.1 Å². The Bertz CT molecular complexity index is 237. The van der Waals surface area contributed by atoms with Crippen molar-refractivity contribution in [2.24, 2.45) is 5.73 Å². The van der Waals surface area contributed by atoms with Gasteiger partial charge in [-0.25, -0.2) is 4.98 Å². The molecule has 0 atom stereocenters. The SMILES string of the molecule is COCCCc1ncc(CCN)s1. The van der Waals surface area contributed by atoms with Gasteiger partial charge in [-0.3, -0.25) is 0 Å². The summed E-state index contributed by atoms with van der Waals surface area (Å²) in [5.74, 6) is 0. The van der Waals surface area contributed by atoms with Crippen molar-refractivity contribution < 1.29 is 4.74 Å². The van der Waals surface area contributed by atoms with Crippen LogP contribution in [0.15, 0.2) is 6.20 Å². The Morgan fingerprint density at radius 1 is 1.54 bits per heavy atom. The summed E-state index contributed by atoms with van der Waals surface area (Å²) in [5.41, 5.74) is 5.45. The average Bonchev–Trinajstić information content (AvgIpc) is 2.54. The van der Waals surface area contributed by atoms with Gasteiger partial charge in [-0.2, -0.15) is 0 Å². The fourth-order valence-electron chi connectivity index (χ4n) is 1.09. The fraction of sp³-hybridized carbons (Fsp3) is 0.667. The van der Waals surface area contributed by atoms with Gasteiger partial charge in [-0.1, -0.05) is 0 Å². The second-order valence-electron chi connectivity index (χ2n) is 2.86. The van der Waals surface area contributed by atoms with Gasteiger partial charge in [0.1, 0.15) is 0 Å². The Labute approximate surface area is 82.9 Å². The van der Waals surface area contributed by atoms with Crippen molar-refractivity contribution in [3.63, 3.8) is 0 Å². The van der Waals surface area contributed by atoms with E-state index in [9.17, 15) is 0 Å². The minimum Gasteiger partial charge on any atom is -0.385 e. The minimum atomic E-state index is 0.708. The van der Waals surface area contributed by atoms with E-state index in [-0.39, 0.29) is 0 Å². The molecule has 13 heavy (non-hydrogen) atoms. The summed E-state index contributed by atoms with van der Waals surface area (Å²) in [5, 5.41) is 1.19. The molecule has 74 valence electrons. The number of aromatic nitrogens is 1. The number of ether oxygens (including phenoxy) is 1. The Kier molecular flexibility index (Phi) is 4.97. The summed E-state index contributed by atoms with van der Waals surface area (Å²) in [6.07, 6.45) is 4.94. The minimum absolute atomic E-state index is 0.708. The van der Waals surface area contributed by atoms with E-state index in [4.69, 9.17) is 10.5 Å². The number of aryl methyl sites for hydroxylation is 1. The zero-order valence-corrected chi connectivity index (χ0v) is 8.77. The normalized spacial score (nSPS) is 10.6. The Morgan fingerprint density at radius 3 is 3.08 bits per heavy atom. The molecule has 0 radical (unpaired) electrons. The molecule has 3 nitrogen and oxygen atoms in total. The highest BCUT2D eigenvalue weighted by Crippen LogP contribution is 2.14. The van der Waals surface area contributed by atoms with Crippen LogP contribution >= 0.6 is 11.3 Å². The lowest BCUT2D eigenvalue weighted by Gasteiger charge is -1.94. The fourth-order valence-corrected chi connectivity index (χ4v) is 2.07. The lowest BCUT2D eigenvalue weighted by molar-refractivity contribution is 0.195. The van der Waals surface area contributed by atoms with Crippen LogP contribution in [-0.2, 0) is 17.6 Å². The van der Waals surface area contributed by atoms with Crippen LogP contribution in [0.5, 0.6) is 0 Å². The van der Waals surface area contributed by atoms with Crippen LogP contribution in [0.4, 0.5) is 0 Å². The average molecular weight is 200 g/mol. The molecule has 1 heterocycles. The van der Waals surface area contributed by atoms with Gasteiger partial charge in [-0.15, -0.1) is 11.3 Å². The largest absolute Gasteiger partial charge is 0.385 e. The molecule has 0 aliphatic carbocycles. The molecule has 0 amide bonds. The van der Waals surface area contributed by atoms with Gasteiger partial charge in [0.2, 0.25) is 0 Å². The van der Waals surface area contributed by atoms with Crippen molar-refractivity contribution in [2.75, 3.05) is 20.3 Å². The number of nitrogens with two attached hydrogens (primary N) is 1. The first kappa shape index (κ1) is 10.6. The molecule has 0 saturated heterocycles. The van der Waals surface area contributed by atoms with Crippen LogP contribution in [0.3, 0.4) is 0 Å². The molecule has 0 aromatic carbocycles. The van der Waals surface area contributed by atoms with Crippen LogP contribution in [0, 0.1) is 0 Å².